The molecule has 1 aliphatic carbocycles. The number of carbonyl (C=O) groups is 1. The fourth-order valence-corrected chi connectivity index (χ4v) is 4.97. The molecule has 0 radical (unpaired) electrons. The van der Waals surface area contributed by atoms with Crippen LogP contribution in [-0.4, -0.2) is 40.8 Å². The van der Waals surface area contributed by atoms with Gasteiger partial charge in [-0.15, -0.1) is 0 Å². The van der Waals surface area contributed by atoms with Gasteiger partial charge in [0.05, 0.1) is 11.9 Å². The van der Waals surface area contributed by atoms with Gasteiger partial charge in [0, 0.05) is 11.2 Å². The van der Waals surface area contributed by atoms with Crippen molar-refractivity contribution >= 4 is 27.0 Å². The monoisotopic (exact) mass is 338 g/mol. The van der Waals surface area contributed by atoms with Crippen LogP contribution in [0.3, 0.4) is 0 Å². The summed E-state index contributed by atoms with van der Waals surface area (Å²) in [4.78, 5) is 12.4. The van der Waals surface area contributed by atoms with E-state index in [-0.39, 0.29) is 22.7 Å². The molecule has 1 aliphatic rings. The summed E-state index contributed by atoms with van der Waals surface area (Å²) >= 11 is 0.969. The van der Waals surface area contributed by atoms with Crippen molar-refractivity contribution in [1.29, 1.82) is 0 Å². The maximum Gasteiger partial charge on any atom is 0.265 e. The number of aliphatic hydroxyl groups excluding tert-OH is 1. The summed E-state index contributed by atoms with van der Waals surface area (Å²) in [5.74, 6) is -0.0572. The lowest BCUT2D eigenvalue weighted by Crippen LogP contribution is -2.36. The van der Waals surface area contributed by atoms with Gasteiger partial charge in [0.15, 0.2) is 5.12 Å². The fraction of sp³-hybridized carbons (Fsp3) is 0.929. The molecule has 4 atom stereocenters. The Kier molecular flexibility index (Phi) is 6.71. The second kappa shape index (κ2) is 7.44. The van der Waals surface area contributed by atoms with E-state index in [0.29, 0.717) is 6.42 Å². The van der Waals surface area contributed by atoms with Crippen molar-refractivity contribution in [3.05, 3.63) is 0 Å². The van der Waals surface area contributed by atoms with E-state index in [9.17, 15) is 18.3 Å². The standard InChI is InChI=1S/C14H26O5S2/c1-10-5-4-6-14(3,9-11(2)12(10)15)13(16)20-7-8-21(17,18)19/h10-12,15H,4-9H2,1-3H3,(H,17,18,19)/t10?,11-,12?,14?/m1/s1. The number of thioether (sulfide) groups is 1. The van der Waals surface area contributed by atoms with E-state index in [1.165, 1.54) is 0 Å². The Labute approximate surface area is 131 Å². The quantitative estimate of drug-likeness (QED) is 0.765. The van der Waals surface area contributed by atoms with Gasteiger partial charge in [0.25, 0.3) is 10.1 Å². The van der Waals surface area contributed by atoms with Crippen LogP contribution >= 0.6 is 11.8 Å². The first-order valence-electron chi connectivity index (χ1n) is 7.35. The summed E-state index contributed by atoms with van der Waals surface area (Å²) in [6, 6.07) is 0. The minimum Gasteiger partial charge on any atom is -0.393 e. The number of rotatable bonds is 4. The lowest BCUT2D eigenvalue weighted by atomic mass is 9.72. The van der Waals surface area contributed by atoms with Gasteiger partial charge in [0.1, 0.15) is 0 Å². The topological polar surface area (TPSA) is 91.7 Å². The summed E-state index contributed by atoms with van der Waals surface area (Å²) in [6.45, 7) is 5.89. The molecule has 0 heterocycles. The van der Waals surface area contributed by atoms with Crippen molar-refractivity contribution in [2.75, 3.05) is 11.5 Å². The molecular formula is C14H26O5S2. The third kappa shape index (κ3) is 5.88. The maximum absolute atomic E-state index is 12.4. The van der Waals surface area contributed by atoms with Gasteiger partial charge in [-0.1, -0.05) is 39.0 Å². The first-order chi connectivity index (χ1) is 9.55. The van der Waals surface area contributed by atoms with Crippen LogP contribution in [0.2, 0.25) is 0 Å². The van der Waals surface area contributed by atoms with Gasteiger partial charge in [-0.25, -0.2) is 0 Å². The molecule has 7 heteroatoms. The molecule has 0 bridgehead atoms. The summed E-state index contributed by atoms with van der Waals surface area (Å²) in [6.07, 6.45) is 2.73. The lowest BCUT2D eigenvalue weighted by Gasteiger charge is -2.37. The molecule has 0 aliphatic heterocycles. The smallest absolute Gasteiger partial charge is 0.265 e. The predicted molar refractivity (Wildman–Crippen MR) is 84.8 cm³/mol. The highest BCUT2D eigenvalue weighted by Crippen LogP contribution is 2.41. The Morgan fingerprint density at radius 1 is 1.33 bits per heavy atom. The Balaban J connectivity index is 2.67. The average molecular weight is 338 g/mol. The molecular weight excluding hydrogens is 312 g/mol. The van der Waals surface area contributed by atoms with Crippen molar-refractivity contribution in [1.82, 2.24) is 0 Å². The normalized spacial score (nSPS) is 35.0. The molecule has 0 aromatic carbocycles. The molecule has 1 saturated carbocycles. The van der Waals surface area contributed by atoms with Crippen LogP contribution in [0.15, 0.2) is 0 Å². The van der Waals surface area contributed by atoms with Gasteiger partial charge in [-0.05, 0) is 31.1 Å². The van der Waals surface area contributed by atoms with Crippen LogP contribution in [0.25, 0.3) is 0 Å². The van der Waals surface area contributed by atoms with Crippen LogP contribution in [0.5, 0.6) is 0 Å². The van der Waals surface area contributed by atoms with Crippen LogP contribution in [-0.2, 0) is 14.9 Å². The van der Waals surface area contributed by atoms with Gasteiger partial charge in [0.2, 0.25) is 0 Å². The van der Waals surface area contributed by atoms with Crippen molar-refractivity contribution in [2.45, 2.75) is 52.6 Å². The van der Waals surface area contributed by atoms with Crippen LogP contribution in [0, 0.1) is 17.3 Å². The SMILES string of the molecule is CC1CCCC(C)(C(=O)SCCS(=O)(=O)O)C[C@@H](C)C1O. The molecule has 0 amide bonds. The van der Waals surface area contributed by atoms with E-state index in [2.05, 4.69) is 0 Å². The third-order valence-electron chi connectivity index (χ3n) is 4.39. The second-order valence-corrected chi connectivity index (χ2v) is 9.16. The van der Waals surface area contributed by atoms with Crippen molar-refractivity contribution in [3.8, 4) is 0 Å². The molecule has 0 saturated heterocycles. The van der Waals surface area contributed by atoms with E-state index >= 15 is 0 Å². The van der Waals surface area contributed by atoms with Gasteiger partial charge >= 0.3 is 0 Å². The first kappa shape index (κ1) is 18.9. The number of hydrogen-bond acceptors (Lipinski definition) is 5. The van der Waals surface area contributed by atoms with Crippen molar-refractivity contribution in [3.63, 3.8) is 0 Å². The van der Waals surface area contributed by atoms with Gasteiger partial charge < -0.3 is 5.11 Å². The number of aliphatic hydroxyl groups is 1. The number of carbonyl (C=O) groups excluding carboxylic acids is 1. The molecule has 3 unspecified atom stereocenters. The van der Waals surface area contributed by atoms with E-state index in [1.54, 1.807) is 0 Å². The Morgan fingerprint density at radius 3 is 2.52 bits per heavy atom. The van der Waals surface area contributed by atoms with Gasteiger partial charge in [-0.2, -0.15) is 8.42 Å². The summed E-state index contributed by atoms with van der Waals surface area (Å²) in [7, 11) is -4.02. The zero-order chi connectivity index (χ0) is 16.3. The van der Waals surface area contributed by atoms with Crippen LogP contribution in [0.1, 0.15) is 46.5 Å². The van der Waals surface area contributed by atoms with Gasteiger partial charge in [-0.3, -0.25) is 9.35 Å². The highest BCUT2D eigenvalue weighted by Gasteiger charge is 2.38. The Hall–Kier alpha value is -0.110. The minimum absolute atomic E-state index is 0.0384. The highest BCUT2D eigenvalue weighted by molar-refractivity contribution is 8.14. The molecule has 21 heavy (non-hydrogen) atoms. The molecule has 0 spiro atoms. The maximum atomic E-state index is 12.4. The number of hydrogen-bond donors (Lipinski definition) is 2. The lowest BCUT2D eigenvalue weighted by molar-refractivity contribution is -0.121. The Morgan fingerprint density at radius 2 is 1.95 bits per heavy atom. The second-order valence-electron chi connectivity index (χ2n) is 6.52. The zero-order valence-electron chi connectivity index (χ0n) is 12.9. The molecule has 5 nitrogen and oxygen atoms in total. The van der Waals surface area contributed by atoms with E-state index < -0.39 is 27.4 Å². The third-order valence-corrected chi connectivity index (χ3v) is 6.54. The summed E-state index contributed by atoms with van der Waals surface area (Å²) in [5, 5.41) is 10.2. The van der Waals surface area contributed by atoms with Crippen molar-refractivity contribution < 1.29 is 22.9 Å². The molecule has 124 valence electrons. The van der Waals surface area contributed by atoms with E-state index in [0.717, 1.165) is 31.0 Å². The highest BCUT2D eigenvalue weighted by atomic mass is 32.2. The minimum atomic E-state index is -4.02. The molecule has 1 fully saturated rings. The molecule has 2 N–H and O–H groups in total. The molecule has 0 aromatic heterocycles. The van der Waals surface area contributed by atoms with Crippen LogP contribution in [0.4, 0.5) is 0 Å². The van der Waals surface area contributed by atoms with Crippen LogP contribution < -0.4 is 0 Å². The molecule has 0 aromatic rings. The summed E-state index contributed by atoms with van der Waals surface area (Å²) < 4.78 is 30.1. The fourth-order valence-electron chi connectivity index (χ4n) is 3.08. The zero-order valence-corrected chi connectivity index (χ0v) is 14.5. The average Bonchev–Trinajstić information content (AvgIpc) is 2.34. The molecule has 1 rings (SSSR count). The van der Waals surface area contributed by atoms with E-state index in [1.807, 2.05) is 20.8 Å². The first-order valence-corrected chi connectivity index (χ1v) is 9.95. The van der Waals surface area contributed by atoms with E-state index in [4.69, 9.17) is 4.55 Å². The Bertz CT molecular complexity index is 462. The predicted octanol–water partition coefficient (Wildman–Crippen LogP) is 2.35. The summed E-state index contributed by atoms with van der Waals surface area (Å²) in [5.41, 5.74) is -0.537. The largest absolute Gasteiger partial charge is 0.393 e. The van der Waals surface area contributed by atoms with Crippen molar-refractivity contribution in [2.24, 2.45) is 17.3 Å².